The van der Waals surface area contributed by atoms with Crippen LogP contribution in [-0.4, -0.2) is 56.3 Å². The zero-order chi connectivity index (χ0) is 19.1. The van der Waals surface area contributed by atoms with Crippen molar-refractivity contribution in [3.8, 4) is 0 Å². The molecule has 0 unspecified atom stereocenters. The van der Waals surface area contributed by atoms with Crippen molar-refractivity contribution in [2.24, 2.45) is 0 Å². The van der Waals surface area contributed by atoms with Gasteiger partial charge in [0.05, 0.1) is 11.4 Å². The number of amides is 1. The second kappa shape index (κ2) is 9.66. The van der Waals surface area contributed by atoms with Crippen LogP contribution in [0.15, 0.2) is 29.2 Å². The number of rotatable bonds is 5. The highest BCUT2D eigenvalue weighted by Gasteiger charge is 2.26. The molecule has 0 bridgehead atoms. The van der Waals surface area contributed by atoms with Crippen molar-refractivity contribution in [2.75, 3.05) is 38.0 Å². The fraction of sp³-hybridized carbons (Fsp3) is 0.650. The summed E-state index contributed by atoms with van der Waals surface area (Å²) in [6, 6.07) is 6.64. The Morgan fingerprint density at radius 3 is 2.19 bits per heavy atom. The Bertz CT molecular complexity index is 722. The van der Waals surface area contributed by atoms with Crippen LogP contribution >= 0.6 is 0 Å². The SMILES string of the molecule is O=C(CN1CCCCCCC1)Nc1cccc(S(=O)(=O)N2CCCCC2)c1. The van der Waals surface area contributed by atoms with Crippen LogP contribution in [0.3, 0.4) is 0 Å². The lowest BCUT2D eigenvalue weighted by molar-refractivity contribution is -0.117. The minimum atomic E-state index is -3.48. The van der Waals surface area contributed by atoms with Crippen LogP contribution in [0.4, 0.5) is 5.69 Å². The van der Waals surface area contributed by atoms with Gasteiger partial charge in [-0.25, -0.2) is 8.42 Å². The van der Waals surface area contributed by atoms with Crippen molar-refractivity contribution in [2.45, 2.75) is 56.3 Å². The first-order valence-corrected chi connectivity index (χ1v) is 11.6. The van der Waals surface area contributed by atoms with E-state index in [1.54, 1.807) is 28.6 Å². The molecule has 6 nitrogen and oxygen atoms in total. The van der Waals surface area contributed by atoms with Gasteiger partial charge in [0.15, 0.2) is 0 Å². The number of nitrogens with one attached hydrogen (secondary N) is 1. The summed E-state index contributed by atoms with van der Waals surface area (Å²) in [5.41, 5.74) is 0.546. The molecule has 2 heterocycles. The van der Waals surface area contributed by atoms with Gasteiger partial charge in [0.25, 0.3) is 0 Å². The Hall–Kier alpha value is -1.44. The third-order valence-corrected chi connectivity index (χ3v) is 7.28. The number of sulfonamides is 1. The number of piperidine rings is 1. The van der Waals surface area contributed by atoms with Gasteiger partial charge in [-0.05, 0) is 57.0 Å². The summed E-state index contributed by atoms with van der Waals surface area (Å²) in [5, 5.41) is 2.88. The average Bonchev–Trinajstić information content (AvgIpc) is 2.65. The molecule has 1 aromatic rings. The zero-order valence-corrected chi connectivity index (χ0v) is 16.8. The van der Waals surface area contributed by atoms with E-state index in [2.05, 4.69) is 10.2 Å². The molecule has 3 rings (SSSR count). The fourth-order valence-electron chi connectivity index (χ4n) is 3.86. The number of benzene rings is 1. The Morgan fingerprint density at radius 2 is 1.48 bits per heavy atom. The van der Waals surface area contributed by atoms with Crippen molar-refractivity contribution in [3.63, 3.8) is 0 Å². The summed E-state index contributed by atoms with van der Waals surface area (Å²) in [6.07, 6.45) is 8.92. The van der Waals surface area contributed by atoms with Crippen LogP contribution in [-0.2, 0) is 14.8 Å². The number of hydrogen-bond donors (Lipinski definition) is 1. The molecule has 0 saturated carbocycles. The number of hydrogen-bond acceptors (Lipinski definition) is 4. The monoisotopic (exact) mass is 393 g/mol. The molecule has 2 fully saturated rings. The predicted molar refractivity (Wildman–Crippen MR) is 107 cm³/mol. The van der Waals surface area contributed by atoms with E-state index in [0.29, 0.717) is 25.3 Å². The number of carbonyl (C=O) groups excluding carboxylic acids is 1. The third-order valence-electron chi connectivity index (χ3n) is 5.39. The van der Waals surface area contributed by atoms with Crippen LogP contribution in [0.2, 0.25) is 0 Å². The van der Waals surface area contributed by atoms with E-state index in [4.69, 9.17) is 0 Å². The quantitative estimate of drug-likeness (QED) is 0.835. The number of carbonyl (C=O) groups is 1. The van der Waals surface area contributed by atoms with Gasteiger partial charge in [-0.2, -0.15) is 4.31 Å². The molecule has 0 atom stereocenters. The summed E-state index contributed by atoms with van der Waals surface area (Å²) in [5.74, 6) is -0.0805. The van der Waals surface area contributed by atoms with E-state index in [-0.39, 0.29) is 10.8 Å². The van der Waals surface area contributed by atoms with Crippen molar-refractivity contribution >= 4 is 21.6 Å². The fourth-order valence-corrected chi connectivity index (χ4v) is 5.43. The smallest absolute Gasteiger partial charge is 0.243 e. The summed E-state index contributed by atoms with van der Waals surface area (Å²) in [6.45, 7) is 3.43. The average molecular weight is 394 g/mol. The minimum Gasteiger partial charge on any atom is -0.325 e. The molecule has 2 aliphatic rings. The summed E-state index contributed by atoms with van der Waals surface area (Å²) in [7, 11) is -3.48. The maximum atomic E-state index is 12.8. The molecule has 2 aliphatic heterocycles. The first-order chi connectivity index (χ1) is 13.1. The van der Waals surface area contributed by atoms with Gasteiger partial charge in [-0.15, -0.1) is 0 Å². The Kier molecular flexibility index (Phi) is 7.26. The normalized spacial score (nSPS) is 20.6. The molecule has 7 heteroatoms. The molecule has 1 N–H and O–H groups in total. The summed E-state index contributed by atoms with van der Waals surface area (Å²) in [4.78, 5) is 14.9. The summed E-state index contributed by atoms with van der Waals surface area (Å²) >= 11 is 0. The predicted octanol–water partition coefficient (Wildman–Crippen LogP) is 3.07. The van der Waals surface area contributed by atoms with Crippen molar-refractivity contribution in [1.29, 1.82) is 0 Å². The lowest BCUT2D eigenvalue weighted by atomic mass is 10.1. The molecule has 1 aromatic carbocycles. The van der Waals surface area contributed by atoms with Gasteiger partial charge in [0.1, 0.15) is 0 Å². The van der Waals surface area contributed by atoms with Crippen molar-refractivity contribution in [1.82, 2.24) is 9.21 Å². The topological polar surface area (TPSA) is 69.7 Å². The lowest BCUT2D eigenvalue weighted by Gasteiger charge is -2.26. The highest BCUT2D eigenvalue weighted by Crippen LogP contribution is 2.23. The first kappa shape index (κ1) is 20.3. The molecule has 0 aromatic heterocycles. The molecule has 27 heavy (non-hydrogen) atoms. The first-order valence-electron chi connectivity index (χ1n) is 10.2. The third kappa shape index (κ3) is 5.77. The van der Waals surface area contributed by atoms with E-state index in [9.17, 15) is 13.2 Å². The van der Waals surface area contributed by atoms with Crippen LogP contribution < -0.4 is 5.32 Å². The van der Waals surface area contributed by atoms with Gasteiger partial charge in [0.2, 0.25) is 15.9 Å². The zero-order valence-electron chi connectivity index (χ0n) is 16.0. The standard InChI is InChI=1S/C20H31N3O3S/c24-20(17-22-12-5-2-1-3-6-13-22)21-18-10-9-11-19(16-18)27(25,26)23-14-7-4-8-15-23/h9-11,16H,1-8,12-15,17H2,(H,21,24). The van der Waals surface area contributed by atoms with E-state index >= 15 is 0 Å². The van der Waals surface area contributed by atoms with E-state index in [0.717, 1.165) is 45.2 Å². The summed E-state index contributed by atoms with van der Waals surface area (Å²) < 4.78 is 27.2. The molecular formula is C20H31N3O3S. The van der Waals surface area contributed by atoms with Crippen LogP contribution in [0, 0.1) is 0 Å². The van der Waals surface area contributed by atoms with Gasteiger partial charge in [-0.1, -0.05) is 31.7 Å². The van der Waals surface area contributed by atoms with Gasteiger partial charge in [0, 0.05) is 18.8 Å². The number of likely N-dealkylation sites (tertiary alicyclic amines) is 1. The maximum Gasteiger partial charge on any atom is 0.243 e. The molecule has 0 radical (unpaired) electrons. The van der Waals surface area contributed by atoms with Crippen molar-refractivity contribution < 1.29 is 13.2 Å². The van der Waals surface area contributed by atoms with Gasteiger partial charge < -0.3 is 5.32 Å². The lowest BCUT2D eigenvalue weighted by Crippen LogP contribution is -2.36. The van der Waals surface area contributed by atoms with E-state index in [1.807, 2.05) is 0 Å². The molecule has 0 aliphatic carbocycles. The number of nitrogens with zero attached hydrogens (tertiary/aromatic N) is 2. The highest BCUT2D eigenvalue weighted by molar-refractivity contribution is 7.89. The highest BCUT2D eigenvalue weighted by atomic mass is 32.2. The Labute approximate surface area is 163 Å². The Balaban J connectivity index is 1.62. The Morgan fingerprint density at radius 1 is 0.889 bits per heavy atom. The number of anilines is 1. The second-order valence-electron chi connectivity index (χ2n) is 7.58. The van der Waals surface area contributed by atoms with Crippen LogP contribution in [0.1, 0.15) is 51.4 Å². The maximum absolute atomic E-state index is 12.8. The molecule has 0 spiro atoms. The van der Waals surface area contributed by atoms with Gasteiger partial charge in [-0.3, -0.25) is 9.69 Å². The van der Waals surface area contributed by atoms with Gasteiger partial charge >= 0.3 is 0 Å². The van der Waals surface area contributed by atoms with E-state index in [1.165, 1.54) is 19.3 Å². The minimum absolute atomic E-state index is 0.0805. The van der Waals surface area contributed by atoms with Crippen LogP contribution in [0.5, 0.6) is 0 Å². The van der Waals surface area contributed by atoms with Crippen molar-refractivity contribution in [3.05, 3.63) is 24.3 Å². The molecular weight excluding hydrogens is 362 g/mol. The van der Waals surface area contributed by atoms with Crippen LogP contribution in [0.25, 0.3) is 0 Å². The van der Waals surface area contributed by atoms with E-state index < -0.39 is 10.0 Å². The second-order valence-corrected chi connectivity index (χ2v) is 9.52. The largest absolute Gasteiger partial charge is 0.325 e. The molecule has 1 amide bonds. The molecule has 150 valence electrons. The molecule has 2 saturated heterocycles.